The van der Waals surface area contributed by atoms with Gasteiger partial charge in [0.25, 0.3) is 5.91 Å². The Morgan fingerprint density at radius 1 is 1.44 bits per heavy atom. The van der Waals surface area contributed by atoms with E-state index in [1.807, 2.05) is 32.0 Å². The third kappa shape index (κ3) is 3.84. The van der Waals surface area contributed by atoms with Crippen LogP contribution in [0.3, 0.4) is 0 Å². The van der Waals surface area contributed by atoms with Gasteiger partial charge < -0.3 is 5.32 Å². The van der Waals surface area contributed by atoms with E-state index in [1.165, 1.54) is 0 Å². The summed E-state index contributed by atoms with van der Waals surface area (Å²) in [6.45, 7) is 4.08. The first-order valence-corrected chi connectivity index (χ1v) is 8.22. The number of hydrogen-bond donors (Lipinski definition) is 1. The molecule has 1 amide bonds. The SMILES string of the molecule is CCC(CC)(CCl)NC(=O)c1cc(I)ccc1Br. The van der Waals surface area contributed by atoms with Crippen LogP contribution in [0.4, 0.5) is 0 Å². The van der Waals surface area contributed by atoms with Gasteiger partial charge in [0.05, 0.1) is 11.1 Å². The molecule has 2 nitrogen and oxygen atoms in total. The first-order chi connectivity index (χ1) is 8.48. The van der Waals surface area contributed by atoms with E-state index >= 15 is 0 Å². The zero-order chi connectivity index (χ0) is 13.8. The second-order valence-electron chi connectivity index (χ2n) is 4.20. The van der Waals surface area contributed by atoms with Crippen molar-refractivity contribution >= 4 is 56.0 Å². The summed E-state index contributed by atoms with van der Waals surface area (Å²) >= 11 is 11.6. The summed E-state index contributed by atoms with van der Waals surface area (Å²) in [6.07, 6.45) is 1.64. The smallest absolute Gasteiger partial charge is 0.252 e. The lowest BCUT2D eigenvalue weighted by molar-refractivity contribution is 0.0901. The maximum atomic E-state index is 12.3. The average Bonchev–Trinajstić information content (AvgIpc) is 2.38. The minimum atomic E-state index is -0.320. The van der Waals surface area contributed by atoms with Gasteiger partial charge in [0, 0.05) is 13.9 Å². The summed E-state index contributed by atoms with van der Waals surface area (Å²) in [5.41, 5.74) is 0.331. The van der Waals surface area contributed by atoms with Crippen LogP contribution in [0.1, 0.15) is 37.0 Å². The molecule has 0 aliphatic carbocycles. The molecule has 0 atom stereocenters. The molecule has 1 N–H and O–H groups in total. The van der Waals surface area contributed by atoms with Crippen LogP contribution >= 0.6 is 50.1 Å². The number of carbonyl (C=O) groups is 1. The lowest BCUT2D eigenvalue weighted by atomic mass is 9.94. The molecule has 0 aliphatic rings. The van der Waals surface area contributed by atoms with Crippen LogP contribution in [0.25, 0.3) is 0 Å². The summed E-state index contributed by atoms with van der Waals surface area (Å²) in [5.74, 6) is 0.345. The molecule has 0 bridgehead atoms. The summed E-state index contributed by atoms with van der Waals surface area (Å²) in [6, 6.07) is 5.71. The van der Waals surface area contributed by atoms with Gasteiger partial charge in [-0.2, -0.15) is 0 Å². The van der Waals surface area contributed by atoms with Crippen LogP contribution < -0.4 is 5.32 Å². The number of carbonyl (C=O) groups excluding carboxylic acids is 1. The van der Waals surface area contributed by atoms with Crippen molar-refractivity contribution in [3.8, 4) is 0 Å². The number of benzene rings is 1. The van der Waals surface area contributed by atoms with Crippen molar-refractivity contribution in [2.45, 2.75) is 32.2 Å². The molecule has 0 spiro atoms. The topological polar surface area (TPSA) is 29.1 Å². The minimum absolute atomic E-state index is 0.0789. The van der Waals surface area contributed by atoms with E-state index in [9.17, 15) is 4.79 Å². The third-order valence-corrected chi connectivity index (χ3v) is 5.04. The van der Waals surface area contributed by atoms with Crippen molar-refractivity contribution in [1.29, 1.82) is 0 Å². The number of alkyl halides is 1. The standard InChI is InChI=1S/C13H16BrClINO/c1-3-13(4-2,8-15)17-12(18)10-7-9(16)5-6-11(10)14/h5-7H,3-4,8H2,1-2H3,(H,17,18). The lowest BCUT2D eigenvalue weighted by Gasteiger charge is -2.30. The Bertz CT molecular complexity index is 427. The summed E-state index contributed by atoms with van der Waals surface area (Å²) in [5, 5.41) is 3.06. The molecule has 0 saturated carbocycles. The molecule has 1 rings (SSSR count). The van der Waals surface area contributed by atoms with Crippen molar-refractivity contribution in [3.63, 3.8) is 0 Å². The summed E-state index contributed by atoms with van der Waals surface area (Å²) < 4.78 is 1.83. The fraction of sp³-hybridized carbons (Fsp3) is 0.462. The van der Waals surface area contributed by atoms with Gasteiger partial charge in [0.15, 0.2) is 0 Å². The van der Waals surface area contributed by atoms with Gasteiger partial charge in [0.1, 0.15) is 0 Å². The predicted octanol–water partition coefficient (Wildman–Crippen LogP) is 4.58. The van der Waals surface area contributed by atoms with E-state index in [0.717, 1.165) is 20.9 Å². The van der Waals surface area contributed by atoms with Crippen molar-refractivity contribution in [3.05, 3.63) is 31.8 Å². The molecule has 0 saturated heterocycles. The number of halogens is 3. The molecule has 1 aromatic carbocycles. The number of rotatable bonds is 5. The van der Waals surface area contributed by atoms with Gasteiger partial charge in [0.2, 0.25) is 0 Å². The van der Waals surface area contributed by atoms with Crippen LogP contribution in [-0.2, 0) is 0 Å². The van der Waals surface area contributed by atoms with E-state index in [1.54, 1.807) is 0 Å². The monoisotopic (exact) mass is 443 g/mol. The maximum absolute atomic E-state index is 12.3. The lowest BCUT2D eigenvalue weighted by Crippen LogP contribution is -2.49. The highest BCUT2D eigenvalue weighted by molar-refractivity contribution is 14.1. The fourth-order valence-electron chi connectivity index (χ4n) is 1.63. The molecular formula is C13H16BrClINO. The Balaban J connectivity index is 2.97. The van der Waals surface area contributed by atoms with Crippen molar-refractivity contribution < 1.29 is 4.79 Å². The van der Waals surface area contributed by atoms with E-state index in [0.29, 0.717) is 11.4 Å². The Morgan fingerprint density at radius 2 is 2.06 bits per heavy atom. The first-order valence-electron chi connectivity index (χ1n) is 5.81. The molecule has 0 unspecified atom stereocenters. The maximum Gasteiger partial charge on any atom is 0.252 e. The van der Waals surface area contributed by atoms with Crippen LogP contribution in [-0.4, -0.2) is 17.3 Å². The fourth-order valence-corrected chi connectivity index (χ4v) is 2.99. The van der Waals surface area contributed by atoms with Gasteiger partial charge in [-0.25, -0.2) is 0 Å². The molecule has 0 radical (unpaired) electrons. The second-order valence-corrected chi connectivity index (χ2v) is 6.57. The van der Waals surface area contributed by atoms with E-state index in [2.05, 4.69) is 43.8 Å². The van der Waals surface area contributed by atoms with Gasteiger partial charge in [-0.15, -0.1) is 11.6 Å². The number of nitrogens with one attached hydrogen (secondary N) is 1. The normalized spacial score (nSPS) is 11.4. The van der Waals surface area contributed by atoms with Gasteiger partial charge in [-0.1, -0.05) is 13.8 Å². The molecular weight excluding hydrogens is 428 g/mol. The van der Waals surface area contributed by atoms with Gasteiger partial charge >= 0.3 is 0 Å². The highest BCUT2D eigenvalue weighted by atomic mass is 127. The number of hydrogen-bond acceptors (Lipinski definition) is 1. The number of amides is 1. The minimum Gasteiger partial charge on any atom is -0.345 e. The highest BCUT2D eigenvalue weighted by Gasteiger charge is 2.28. The van der Waals surface area contributed by atoms with Crippen LogP contribution in [0.15, 0.2) is 22.7 Å². The molecule has 0 aliphatic heterocycles. The Kier molecular flexibility index (Phi) is 6.41. The van der Waals surface area contributed by atoms with Crippen molar-refractivity contribution in [1.82, 2.24) is 5.32 Å². The predicted molar refractivity (Wildman–Crippen MR) is 88.4 cm³/mol. The van der Waals surface area contributed by atoms with Gasteiger partial charge in [-0.3, -0.25) is 4.79 Å². The average molecular weight is 445 g/mol. The van der Waals surface area contributed by atoms with Gasteiger partial charge in [-0.05, 0) is 69.6 Å². The molecule has 18 heavy (non-hydrogen) atoms. The largest absolute Gasteiger partial charge is 0.345 e. The Morgan fingerprint density at radius 3 is 2.56 bits per heavy atom. The van der Waals surface area contributed by atoms with E-state index in [4.69, 9.17) is 11.6 Å². The second kappa shape index (κ2) is 7.10. The molecule has 5 heteroatoms. The molecule has 0 fully saturated rings. The summed E-state index contributed by atoms with van der Waals surface area (Å²) in [4.78, 5) is 12.3. The first kappa shape index (κ1) is 16.2. The highest BCUT2D eigenvalue weighted by Crippen LogP contribution is 2.22. The molecule has 0 aromatic heterocycles. The molecule has 1 aromatic rings. The van der Waals surface area contributed by atoms with Crippen LogP contribution in [0.2, 0.25) is 0 Å². The van der Waals surface area contributed by atoms with Crippen LogP contribution in [0, 0.1) is 3.57 Å². The van der Waals surface area contributed by atoms with E-state index < -0.39 is 0 Å². The Hall–Kier alpha value is 0.190. The van der Waals surface area contributed by atoms with Crippen molar-refractivity contribution in [2.75, 3.05) is 5.88 Å². The molecule has 0 heterocycles. The zero-order valence-electron chi connectivity index (χ0n) is 10.4. The molecule has 100 valence electrons. The Labute approximate surface area is 135 Å². The third-order valence-electron chi connectivity index (χ3n) is 3.16. The zero-order valence-corrected chi connectivity index (χ0v) is 14.9. The quantitative estimate of drug-likeness (QED) is 0.523. The van der Waals surface area contributed by atoms with E-state index in [-0.39, 0.29) is 11.4 Å². The van der Waals surface area contributed by atoms with Crippen LogP contribution in [0.5, 0.6) is 0 Å². The van der Waals surface area contributed by atoms with Crippen molar-refractivity contribution in [2.24, 2.45) is 0 Å². The summed E-state index contributed by atoms with van der Waals surface area (Å²) in [7, 11) is 0.